The van der Waals surface area contributed by atoms with E-state index in [1.54, 1.807) is 19.1 Å². The first-order valence-electron chi connectivity index (χ1n) is 4.99. The molecule has 0 aromatic heterocycles. The lowest BCUT2D eigenvalue weighted by atomic mass is 10.1. The zero-order valence-corrected chi connectivity index (χ0v) is 9.89. The molecule has 1 rings (SSSR count). The van der Waals surface area contributed by atoms with Gasteiger partial charge in [-0.1, -0.05) is 19.1 Å². The van der Waals surface area contributed by atoms with Crippen LogP contribution < -0.4 is 0 Å². The number of nitro benzene ring substituents is 1. The van der Waals surface area contributed by atoms with Gasteiger partial charge in [-0.2, -0.15) is 0 Å². The third-order valence-corrected chi connectivity index (χ3v) is 4.30. The highest BCUT2D eigenvalue weighted by Crippen LogP contribution is 2.40. The van der Waals surface area contributed by atoms with Crippen LogP contribution >= 0.6 is 7.37 Å². The zero-order chi connectivity index (χ0) is 12.2. The molecule has 1 aromatic rings. The number of hydrogen-bond donors (Lipinski definition) is 1. The molecule has 0 radical (unpaired) electrons. The van der Waals surface area contributed by atoms with Gasteiger partial charge in [0.15, 0.2) is 0 Å². The van der Waals surface area contributed by atoms with Gasteiger partial charge in [0.2, 0.25) is 7.37 Å². The van der Waals surface area contributed by atoms with Crippen molar-refractivity contribution in [3.05, 3.63) is 39.9 Å². The van der Waals surface area contributed by atoms with E-state index in [0.29, 0.717) is 6.42 Å². The number of benzene rings is 1. The highest BCUT2D eigenvalue weighted by molar-refractivity contribution is 7.57. The van der Waals surface area contributed by atoms with Crippen LogP contribution in [0.15, 0.2) is 24.3 Å². The van der Waals surface area contributed by atoms with E-state index in [2.05, 4.69) is 0 Å². The summed E-state index contributed by atoms with van der Waals surface area (Å²) in [6, 6.07) is 6.05. The van der Waals surface area contributed by atoms with Crippen LogP contribution in [0.1, 0.15) is 12.5 Å². The first-order chi connectivity index (χ1) is 7.44. The van der Waals surface area contributed by atoms with E-state index in [1.807, 2.05) is 0 Å². The first-order valence-corrected chi connectivity index (χ1v) is 7.02. The molecule has 1 N–H and O–H groups in total. The minimum atomic E-state index is -3.00. The fourth-order valence-corrected chi connectivity index (χ4v) is 2.17. The van der Waals surface area contributed by atoms with Crippen molar-refractivity contribution >= 4 is 13.1 Å². The number of rotatable bonds is 5. The van der Waals surface area contributed by atoms with Crippen LogP contribution in [0.5, 0.6) is 0 Å². The molecule has 0 bridgehead atoms. The number of non-ortho nitro benzene ring substituents is 1. The molecular weight excluding hydrogens is 229 g/mol. The van der Waals surface area contributed by atoms with Gasteiger partial charge >= 0.3 is 0 Å². The second-order valence-electron chi connectivity index (χ2n) is 3.56. The summed E-state index contributed by atoms with van der Waals surface area (Å²) in [6.45, 7) is 1.68. The molecule has 0 amide bonds. The topological polar surface area (TPSA) is 80.4 Å². The van der Waals surface area contributed by atoms with Gasteiger partial charge in [0.1, 0.15) is 0 Å². The quantitative estimate of drug-likeness (QED) is 0.489. The Kier molecular flexibility index (Phi) is 4.21. The molecule has 0 saturated carbocycles. The molecule has 0 aliphatic heterocycles. The van der Waals surface area contributed by atoms with E-state index in [0.717, 1.165) is 5.56 Å². The van der Waals surface area contributed by atoms with Crippen molar-refractivity contribution in [2.24, 2.45) is 0 Å². The molecule has 0 heterocycles. The van der Waals surface area contributed by atoms with Crippen molar-refractivity contribution in [3.63, 3.8) is 0 Å². The van der Waals surface area contributed by atoms with Crippen LogP contribution in [0.3, 0.4) is 0 Å². The van der Waals surface area contributed by atoms with Crippen LogP contribution in [0, 0.1) is 10.1 Å². The fourth-order valence-electron chi connectivity index (χ4n) is 1.25. The summed E-state index contributed by atoms with van der Waals surface area (Å²) in [5.41, 5.74) is 0.875. The van der Waals surface area contributed by atoms with Crippen LogP contribution in [-0.2, 0) is 11.0 Å². The summed E-state index contributed by atoms with van der Waals surface area (Å²) in [6.07, 6.45) is 0.959. The second-order valence-corrected chi connectivity index (χ2v) is 6.33. The Morgan fingerprint density at radius 2 is 1.94 bits per heavy atom. The highest BCUT2D eigenvalue weighted by atomic mass is 31.2. The van der Waals surface area contributed by atoms with Crippen molar-refractivity contribution < 1.29 is 14.4 Å². The molecular formula is C10H14NO4P. The summed E-state index contributed by atoms with van der Waals surface area (Å²) in [5.74, 6) is 0. The Morgan fingerprint density at radius 1 is 1.38 bits per heavy atom. The Labute approximate surface area is 93.7 Å². The van der Waals surface area contributed by atoms with Gasteiger partial charge in [-0.15, -0.1) is 0 Å². The standard InChI is InChI=1S/C10H14NO4P/c1-2-16(14,15)8-7-9-3-5-10(6-4-9)11(12)13/h3-6H,2,7-8H2,1H3,(H,14,15). The van der Waals surface area contributed by atoms with Gasteiger partial charge < -0.3 is 4.89 Å². The number of nitro groups is 1. The average Bonchev–Trinajstić information content (AvgIpc) is 2.27. The fraction of sp³-hybridized carbons (Fsp3) is 0.400. The third kappa shape index (κ3) is 3.76. The maximum Gasteiger partial charge on any atom is 0.269 e. The van der Waals surface area contributed by atoms with Crippen LogP contribution in [0.4, 0.5) is 5.69 Å². The van der Waals surface area contributed by atoms with Crippen molar-refractivity contribution in [2.75, 3.05) is 12.3 Å². The molecule has 6 heteroatoms. The van der Waals surface area contributed by atoms with Gasteiger partial charge in [0.25, 0.3) is 5.69 Å². The highest BCUT2D eigenvalue weighted by Gasteiger charge is 2.14. The van der Waals surface area contributed by atoms with Crippen LogP contribution in [-0.4, -0.2) is 22.1 Å². The maximum atomic E-state index is 11.4. The second kappa shape index (κ2) is 5.23. The normalized spacial score (nSPS) is 14.4. The zero-order valence-electron chi connectivity index (χ0n) is 9.00. The van der Waals surface area contributed by atoms with Gasteiger partial charge in [0, 0.05) is 24.5 Å². The smallest absolute Gasteiger partial charge is 0.269 e. The van der Waals surface area contributed by atoms with Crippen molar-refractivity contribution in [2.45, 2.75) is 13.3 Å². The minimum absolute atomic E-state index is 0.0337. The summed E-state index contributed by atoms with van der Waals surface area (Å²) in [4.78, 5) is 19.3. The predicted molar refractivity (Wildman–Crippen MR) is 62.0 cm³/mol. The Hall–Kier alpha value is -1.19. The van der Waals surface area contributed by atoms with Gasteiger partial charge in [-0.05, 0) is 12.0 Å². The van der Waals surface area contributed by atoms with Gasteiger partial charge in [0.05, 0.1) is 4.92 Å². The number of aryl methyl sites for hydroxylation is 1. The number of hydrogen-bond acceptors (Lipinski definition) is 3. The Morgan fingerprint density at radius 3 is 2.38 bits per heavy atom. The largest absolute Gasteiger partial charge is 0.344 e. The van der Waals surface area contributed by atoms with E-state index in [4.69, 9.17) is 0 Å². The molecule has 0 aliphatic rings. The molecule has 0 aliphatic carbocycles. The average molecular weight is 243 g/mol. The van der Waals surface area contributed by atoms with Crippen LogP contribution in [0.25, 0.3) is 0 Å². The Balaban J connectivity index is 2.63. The lowest BCUT2D eigenvalue weighted by molar-refractivity contribution is -0.384. The number of nitrogens with zero attached hydrogens (tertiary/aromatic N) is 1. The lowest BCUT2D eigenvalue weighted by Crippen LogP contribution is -1.96. The van der Waals surface area contributed by atoms with Crippen molar-refractivity contribution in [1.82, 2.24) is 0 Å². The maximum absolute atomic E-state index is 11.4. The summed E-state index contributed by atoms with van der Waals surface area (Å²) < 4.78 is 11.4. The van der Waals surface area contributed by atoms with E-state index in [-0.39, 0.29) is 18.0 Å². The minimum Gasteiger partial charge on any atom is -0.344 e. The molecule has 5 nitrogen and oxygen atoms in total. The van der Waals surface area contributed by atoms with E-state index >= 15 is 0 Å². The summed E-state index contributed by atoms with van der Waals surface area (Å²) in [7, 11) is -3.00. The lowest BCUT2D eigenvalue weighted by Gasteiger charge is -2.08. The molecule has 1 atom stereocenters. The third-order valence-electron chi connectivity index (χ3n) is 2.39. The first kappa shape index (κ1) is 12.9. The summed E-state index contributed by atoms with van der Waals surface area (Å²) >= 11 is 0. The van der Waals surface area contributed by atoms with Crippen molar-refractivity contribution in [1.29, 1.82) is 0 Å². The van der Waals surface area contributed by atoms with E-state index in [9.17, 15) is 19.6 Å². The molecule has 0 spiro atoms. The molecule has 16 heavy (non-hydrogen) atoms. The monoisotopic (exact) mass is 243 g/mol. The SMILES string of the molecule is CCP(=O)(O)CCc1ccc([N+](=O)[O-])cc1. The van der Waals surface area contributed by atoms with Crippen molar-refractivity contribution in [3.8, 4) is 0 Å². The van der Waals surface area contributed by atoms with E-state index < -0.39 is 12.3 Å². The molecule has 1 aromatic carbocycles. The molecule has 88 valence electrons. The predicted octanol–water partition coefficient (Wildman–Crippen LogP) is 2.43. The molecule has 0 fully saturated rings. The molecule has 1 unspecified atom stereocenters. The Bertz CT molecular complexity index is 415. The van der Waals surface area contributed by atoms with Crippen LogP contribution in [0.2, 0.25) is 0 Å². The van der Waals surface area contributed by atoms with Gasteiger partial charge in [-0.3, -0.25) is 14.7 Å². The summed E-state index contributed by atoms with van der Waals surface area (Å²) in [5, 5.41) is 10.4. The molecule has 0 saturated heterocycles. The van der Waals surface area contributed by atoms with E-state index in [1.165, 1.54) is 12.1 Å². The van der Waals surface area contributed by atoms with Gasteiger partial charge in [-0.25, -0.2) is 0 Å².